The van der Waals surface area contributed by atoms with E-state index in [-0.39, 0.29) is 49.5 Å². The topological polar surface area (TPSA) is 238 Å². The largest absolute Gasteiger partial charge is 0.460 e. The molecule has 0 spiro atoms. The van der Waals surface area contributed by atoms with Gasteiger partial charge in [0.25, 0.3) is 0 Å². The maximum atomic E-state index is 14.2. The Labute approximate surface area is 471 Å². The van der Waals surface area contributed by atoms with E-state index in [1.165, 1.54) is 19.9 Å². The first kappa shape index (κ1) is 62.5. The summed E-state index contributed by atoms with van der Waals surface area (Å²) in [6.45, 7) is 13.9. The van der Waals surface area contributed by atoms with Gasteiger partial charge in [-0.3, -0.25) is 14.4 Å². The van der Waals surface area contributed by atoms with E-state index in [1.807, 2.05) is 64.1 Å². The number of esters is 2. The number of ketones is 2. The normalized spacial score (nSPS) is 42.4. The minimum atomic E-state index is -1.89. The van der Waals surface area contributed by atoms with Crippen molar-refractivity contribution in [2.24, 2.45) is 16.7 Å². The van der Waals surface area contributed by atoms with Crippen LogP contribution in [-0.2, 0) is 85.5 Å². The Morgan fingerprint density at radius 2 is 1.21 bits per heavy atom. The fourth-order valence-corrected chi connectivity index (χ4v) is 13.8. The Kier molecular flexibility index (Phi) is 20.7. The van der Waals surface area contributed by atoms with Crippen molar-refractivity contribution >= 4 is 29.6 Å². The number of rotatable bonds is 20. The molecule has 80 heavy (non-hydrogen) atoms. The first-order valence-corrected chi connectivity index (χ1v) is 28.7. The molecular formula is C60H88O20. The quantitative estimate of drug-likeness (QED) is 0.0832. The van der Waals surface area contributed by atoms with Gasteiger partial charge in [0.05, 0.1) is 60.4 Å². The molecule has 6 fully saturated rings. The number of hydrogen-bond donors (Lipinski definition) is 2. The Morgan fingerprint density at radius 1 is 0.713 bits per heavy atom. The Hall–Kier alpha value is -3.58. The van der Waals surface area contributed by atoms with E-state index in [9.17, 15) is 29.4 Å². The van der Waals surface area contributed by atoms with Gasteiger partial charge in [-0.1, -0.05) is 48.9 Å². The average Bonchev–Trinajstić information content (AvgIpc) is 3.74. The minimum Gasteiger partial charge on any atom is -0.460 e. The molecule has 4 saturated heterocycles. The van der Waals surface area contributed by atoms with Gasteiger partial charge in [-0.25, -0.2) is 4.79 Å². The lowest BCUT2D eigenvalue weighted by molar-refractivity contribution is -0.347. The highest BCUT2D eigenvalue weighted by molar-refractivity contribution is 5.92. The van der Waals surface area contributed by atoms with Crippen LogP contribution in [0, 0.1) is 16.7 Å². The number of Topliss-reactive ketones (excluding diaryl/α,β-unsaturated/α-hetero) is 2. The number of carbonyl (C=O) groups excluding carboxylic acids is 4. The van der Waals surface area contributed by atoms with E-state index in [0.29, 0.717) is 44.9 Å². The van der Waals surface area contributed by atoms with E-state index < -0.39 is 139 Å². The van der Waals surface area contributed by atoms with E-state index in [0.717, 1.165) is 11.1 Å². The highest BCUT2D eigenvalue weighted by Crippen LogP contribution is 2.56. The smallest absolute Gasteiger partial charge is 0.331 e. The maximum Gasteiger partial charge on any atom is 0.331 e. The van der Waals surface area contributed by atoms with Gasteiger partial charge < -0.3 is 76.5 Å². The third-order valence-electron chi connectivity index (χ3n) is 18.7. The molecule has 20 heteroatoms. The molecule has 0 radical (unpaired) electrons. The molecule has 1 aromatic carbocycles. The predicted octanol–water partition coefficient (Wildman–Crippen LogP) is 6.26. The second-order valence-corrected chi connectivity index (χ2v) is 23.5. The molecule has 3 aliphatic carbocycles. The molecule has 0 aromatic heterocycles. The van der Waals surface area contributed by atoms with Crippen molar-refractivity contribution in [3.8, 4) is 0 Å². The number of ether oxygens (including phenoxy) is 14. The molecule has 8 rings (SSSR count). The van der Waals surface area contributed by atoms with Gasteiger partial charge in [-0.05, 0) is 90.7 Å². The van der Waals surface area contributed by atoms with Crippen molar-refractivity contribution in [3.05, 3.63) is 53.6 Å². The van der Waals surface area contributed by atoms with Crippen molar-refractivity contribution in [2.75, 3.05) is 28.4 Å². The van der Waals surface area contributed by atoms with Gasteiger partial charge >= 0.3 is 11.9 Å². The van der Waals surface area contributed by atoms with Crippen molar-refractivity contribution < 1.29 is 95.7 Å². The average molecular weight is 1130 g/mol. The summed E-state index contributed by atoms with van der Waals surface area (Å²) in [7, 11) is 6.46. The van der Waals surface area contributed by atoms with Crippen molar-refractivity contribution in [1.29, 1.82) is 0 Å². The van der Waals surface area contributed by atoms with Crippen LogP contribution in [0.4, 0.5) is 0 Å². The molecule has 7 aliphatic rings. The van der Waals surface area contributed by atoms with Gasteiger partial charge in [0.1, 0.15) is 53.8 Å². The van der Waals surface area contributed by atoms with Gasteiger partial charge in [0.2, 0.25) is 0 Å². The molecule has 448 valence electrons. The molecular weight excluding hydrogens is 1040 g/mol. The summed E-state index contributed by atoms with van der Waals surface area (Å²) >= 11 is 0. The Morgan fingerprint density at radius 3 is 1.73 bits per heavy atom. The van der Waals surface area contributed by atoms with Crippen LogP contribution in [0.1, 0.15) is 132 Å². The summed E-state index contributed by atoms with van der Waals surface area (Å²) in [5, 5.41) is 22.9. The van der Waals surface area contributed by atoms with Gasteiger partial charge in [0, 0.05) is 85.9 Å². The molecule has 0 amide bonds. The van der Waals surface area contributed by atoms with Crippen LogP contribution in [0.5, 0.6) is 0 Å². The number of aliphatic hydroxyl groups is 2. The minimum absolute atomic E-state index is 0.0189. The second-order valence-electron chi connectivity index (χ2n) is 23.5. The molecule has 2 saturated carbocycles. The molecule has 23 atom stereocenters. The standard InChI is InChI=1S/C60H88O20/c1-32-54(65)43(67-9)28-51(71-32)78-56-34(3)73-53(30-45(56)69-11)80-57-35(4)74-52(31-46(57)70-12)79-55-33(2)72-50(29-44(55)68-10)76-40-22-24-58(7)39(26-40)19-20-42(62)41(58)27-48(77-49(64)21-18-38-16-14-13-15-17-38)59(8)47(63)23-25-60(59,66)36(5)75-37(6)61/h13-19,21,32-36,40-41,43-46,48,50-57,65-66H,20,22-31H2,1-12H3/t32-,33+,34+,35-,36-,40-,41-,43+,44-,45-,46-,48+,50-,51-,52-,53-,54-,55+,56+,57+,58-,59+,60+/m0/s1. The van der Waals surface area contributed by atoms with Crippen molar-refractivity contribution in [1.82, 2.24) is 0 Å². The van der Waals surface area contributed by atoms with Crippen LogP contribution in [0.15, 0.2) is 48.1 Å². The lowest BCUT2D eigenvalue weighted by Gasteiger charge is -2.51. The van der Waals surface area contributed by atoms with Crippen LogP contribution < -0.4 is 0 Å². The van der Waals surface area contributed by atoms with Gasteiger partial charge in [-0.2, -0.15) is 0 Å². The number of fused-ring (bicyclic) bond motifs is 1. The first-order chi connectivity index (χ1) is 38.0. The van der Waals surface area contributed by atoms with Crippen LogP contribution >= 0.6 is 0 Å². The van der Waals surface area contributed by atoms with Crippen molar-refractivity contribution in [3.63, 3.8) is 0 Å². The number of aliphatic hydroxyl groups excluding tert-OH is 1. The molecule has 2 N–H and O–H groups in total. The van der Waals surface area contributed by atoms with Gasteiger partial charge in [0.15, 0.2) is 25.2 Å². The highest BCUT2D eigenvalue weighted by atomic mass is 16.8. The molecule has 20 nitrogen and oxygen atoms in total. The molecule has 4 aliphatic heterocycles. The number of allylic oxidation sites excluding steroid dienone is 1. The van der Waals surface area contributed by atoms with Crippen molar-refractivity contribution in [2.45, 2.75) is 248 Å². The van der Waals surface area contributed by atoms with Crippen LogP contribution in [-0.4, -0.2) is 184 Å². The number of benzene rings is 1. The van der Waals surface area contributed by atoms with E-state index in [2.05, 4.69) is 0 Å². The Balaban J connectivity index is 0.874. The van der Waals surface area contributed by atoms with E-state index in [4.69, 9.17) is 66.3 Å². The molecule has 4 heterocycles. The summed E-state index contributed by atoms with van der Waals surface area (Å²) in [4.78, 5) is 54.3. The predicted molar refractivity (Wildman–Crippen MR) is 286 cm³/mol. The summed E-state index contributed by atoms with van der Waals surface area (Å²) in [5.74, 6) is -2.45. The first-order valence-electron chi connectivity index (χ1n) is 28.7. The Bertz CT molecular complexity index is 2330. The number of hydrogen-bond acceptors (Lipinski definition) is 20. The lowest BCUT2D eigenvalue weighted by Crippen LogP contribution is -2.61. The summed E-state index contributed by atoms with van der Waals surface area (Å²) < 4.78 is 87.1. The third-order valence-corrected chi connectivity index (χ3v) is 18.7. The fourth-order valence-electron chi connectivity index (χ4n) is 13.8. The zero-order valence-corrected chi connectivity index (χ0v) is 48.7. The lowest BCUT2D eigenvalue weighted by atomic mass is 9.56. The van der Waals surface area contributed by atoms with Crippen LogP contribution in [0.2, 0.25) is 0 Å². The second kappa shape index (κ2) is 26.6. The third kappa shape index (κ3) is 13.3. The SMILES string of the molecule is CO[C@H]1C[C@H](O[C@H]2[C@@H](OC)C[C@H](O[C@H]3CC[C@@]4(C)C(=CCC(=O)[C@@H]4C[C@@H](OC(=O)C=Cc4ccccc4)[C@@]4(C)C(=O)CC[C@@]4(O)[C@H](C)OC(C)=O)C3)O[C@@H]2C)O[C@@H](C)[C@H]1O[C@H]1C[C@H](OC)[C@H](O[C@H]2C[C@@H](OC)[C@@H](O)[C@H](C)O2)[C@@H](C)O1. The number of carbonyl (C=O) groups is 4. The zero-order chi connectivity index (χ0) is 57.8. The molecule has 0 bridgehead atoms. The highest BCUT2D eigenvalue weighted by Gasteiger charge is 2.66. The van der Waals surface area contributed by atoms with Crippen LogP contribution in [0.3, 0.4) is 0 Å². The zero-order valence-electron chi connectivity index (χ0n) is 48.7. The van der Waals surface area contributed by atoms with Crippen LogP contribution in [0.25, 0.3) is 6.08 Å². The fraction of sp³-hybridized carbons (Fsp3) is 0.767. The van der Waals surface area contributed by atoms with E-state index >= 15 is 0 Å². The maximum absolute atomic E-state index is 14.2. The van der Waals surface area contributed by atoms with E-state index in [1.54, 1.807) is 48.4 Å². The monoisotopic (exact) mass is 1130 g/mol. The summed E-state index contributed by atoms with van der Waals surface area (Å²) in [6, 6.07) is 9.20. The summed E-state index contributed by atoms with van der Waals surface area (Å²) in [5.41, 5.74) is -2.52. The molecule has 0 unspecified atom stereocenters. The number of methoxy groups -OCH3 is 4. The summed E-state index contributed by atoms with van der Waals surface area (Å²) in [6.07, 6.45) is -2.94. The molecule has 1 aromatic rings. The van der Waals surface area contributed by atoms with Gasteiger partial charge in [-0.15, -0.1) is 0 Å².